The van der Waals surface area contributed by atoms with Gasteiger partial charge in [-0.05, 0) is 104 Å². The summed E-state index contributed by atoms with van der Waals surface area (Å²) in [5.74, 6) is 0.130. The Hall–Kier alpha value is -0.810. The number of ketones is 1. The number of Topliss-reactive ketones (excluding diaryl/α,β-unsaturated/α-hetero) is 1. The first-order chi connectivity index (χ1) is 25.0. The van der Waals surface area contributed by atoms with Crippen LogP contribution in [0.15, 0.2) is 0 Å². The van der Waals surface area contributed by atoms with Crippen molar-refractivity contribution < 1.29 is 64.6 Å². The Kier molecular flexibility index (Phi) is 10.4. The van der Waals surface area contributed by atoms with E-state index in [1.807, 2.05) is 13.8 Å². The molecule has 7 rings (SSSR count). The van der Waals surface area contributed by atoms with Crippen LogP contribution in [-0.4, -0.2) is 133 Å². The molecule has 0 spiro atoms. The van der Waals surface area contributed by atoms with Crippen molar-refractivity contribution in [1.29, 1.82) is 0 Å². The fraction of sp³-hybridized carbons (Fsp3) is 0.976. The topological polar surface area (TPSA) is 216 Å². The Balaban J connectivity index is 1.13. The van der Waals surface area contributed by atoms with Gasteiger partial charge in [0.15, 0.2) is 12.6 Å². The fourth-order valence-corrected chi connectivity index (χ4v) is 14.8. The normalized spacial score (nSPS) is 56.0. The highest BCUT2D eigenvalue weighted by Crippen LogP contribution is 2.78. The number of ether oxygens (including phenoxy) is 4. The standard InChI is InChI=1S/C41H68O13/c1-36(2)26(53-34-31(49)28(46)22(45)18-51-34)12-14-39(6)25-10-9-24-38(5)13-11-19(37(3,4)54-35-32(50)30(48)29(47)23(17-42)52-35)27(38)20(43)15-40(24,7)41(25,8)16-21(44)33(36)39/h19-20,22-35,42-43,45-50H,9-18H2,1-8H3/t19-,20?,22?,23?,24?,25?,26?,27?,28?,29?,30?,31?,32?,33?,34?,35?,38-,39-,40-,41-/m1/s1. The smallest absolute Gasteiger partial charge is 0.187 e. The minimum Gasteiger partial charge on any atom is -0.394 e. The van der Waals surface area contributed by atoms with Crippen molar-refractivity contribution >= 4 is 5.78 Å². The second-order valence-corrected chi connectivity index (χ2v) is 20.7. The maximum atomic E-state index is 14.8. The maximum absolute atomic E-state index is 14.8. The molecule has 0 aromatic carbocycles. The molecule has 20 atom stereocenters. The van der Waals surface area contributed by atoms with Crippen molar-refractivity contribution in [1.82, 2.24) is 0 Å². The van der Waals surface area contributed by atoms with Gasteiger partial charge in [0, 0.05) is 17.8 Å². The van der Waals surface area contributed by atoms with E-state index in [9.17, 15) is 45.6 Å². The number of carbonyl (C=O) groups is 1. The van der Waals surface area contributed by atoms with Crippen LogP contribution in [0, 0.1) is 56.7 Å². The molecule has 310 valence electrons. The number of hydrogen-bond donors (Lipinski definition) is 8. The average Bonchev–Trinajstić information content (AvgIpc) is 3.46. The van der Waals surface area contributed by atoms with Crippen LogP contribution in [0.1, 0.15) is 107 Å². The van der Waals surface area contributed by atoms with E-state index in [4.69, 9.17) is 18.9 Å². The molecule has 8 N–H and O–H groups in total. The van der Waals surface area contributed by atoms with Gasteiger partial charge in [0.1, 0.15) is 48.5 Å². The van der Waals surface area contributed by atoms with Crippen LogP contribution < -0.4 is 0 Å². The number of aliphatic hydroxyl groups is 8. The van der Waals surface area contributed by atoms with Crippen molar-refractivity contribution in [2.75, 3.05) is 13.2 Å². The maximum Gasteiger partial charge on any atom is 0.187 e. The summed E-state index contributed by atoms with van der Waals surface area (Å²) in [6.45, 7) is 16.6. The first kappa shape index (κ1) is 41.4. The summed E-state index contributed by atoms with van der Waals surface area (Å²) < 4.78 is 24.2. The molecular weight excluding hydrogens is 700 g/mol. The number of rotatable bonds is 6. The van der Waals surface area contributed by atoms with Gasteiger partial charge in [0.2, 0.25) is 0 Å². The Morgan fingerprint density at radius 3 is 2.00 bits per heavy atom. The third kappa shape index (κ3) is 5.79. The Labute approximate surface area is 319 Å². The van der Waals surface area contributed by atoms with Gasteiger partial charge in [0.25, 0.3) is 0 Å². The number of carbonyl (C=O) groups excluding carboxylic acids is 1. The summed E-state index contributed by atoms with van der Waals surface area (Å²) in [6, 6.07) is 0. The van der Waals surface area contributed by atoms with Crippen molar-refractivity contribution in [3.8, 4) is 0 Å². The molecule has 0 aromatic rings. The first-order valence-electron chi connectivity index (χ1n) is 20.5. The third-order valence-corrected chi connectivity index (χ3v) is 17.4. The summed E-state index contributed by atoms with van der Waals surface area (Å²) in [5.41, 5.74) is -2.79. The summed E-state index contributed by atoms with van der Waals surface area (Å²) in [6.07, 6.45) is -7.12. The number of aliphatic hydroxyl groups excluding tert-OH is 8. The largest absolute Gasteiger partial charge is 0.394 e. The minimum atomic E-state index is -1.54. The predicted molar refractivity (Wildman–Crippen MR) is 193 cm³/mol. The van der Waals surface area contributed by atoms with Crippen molar-refractivity contribution in [2.45, 2.75) is 180 Å². The highest BCUT2D eigenvalue weighted by atomic mass is 16.7. The lowest BCUT2D eigenvalue weighted by Gasteiger charge is -2.73. The lowest BCUT2D eigenvalue weighted by Crippen LogP contribution is -2.71. The first-order valence-corrected chi connectivity index (χ1v) is 20.5. The van der Waals surface area contributed by atoms with Gasteiger partial charge in [-0.3, -0.25) is 4.79 Å². The summed E-state index contributed by atoms with van der Waals surface area (Å²) >= 11 is 0. The van der Waals surface area contributed by atoms with Crippen molar-refractivity contribution in [3.05, 3.63) is 0 Å². The van der Waals surface area contributed by atoms with E-state index >= 15 is 0 Å². The summed E-state index contributed by atoms with van der Waals surface area (Å²) in [4.78, 5) is 14.8. The minimum absolute atomic E-state index is 0.109. The molecule has 2 heterocycles. The van der Waals surface area contributed by atoms with Gasteiger partial charge < -0.3 is 59.8 Å². The monoisotopic (exact) mass is 768 g/mol. The van der Waals surface area contributed by atoms with E-state index in [0.717, 1.165) is 32.1 Å². The van der Waals surface area contributed by atoms with Crippen LogP contribution >= 0.6 is 0 Å². The average molecular weight is 769 g/mol. The number of hydrogen-bond acceptors (Lipinski definition) is 13. The molecule has 0 bridgehead atoms. The highest BCUT2D eigenvalue weighted by Gasteiger charge is 2.74. The fourth-order valence-electron chi connectivity index (χ4n) is 14.8. The Bertz CT molecular complexity index is 1420. The van der Waals surface area contributed by atoms with Gasteiger partial charge in [-0.2, -0.15) is 0 Å². The van der Waals surface area contributed by atoms with Gasteiger partial charge >= 0.3 is 0 Å². The second kappa shape index (κ2) is 13.6. The van der Waals surface area contributed by atoms with Crippen LogP contribution in [0.25, 0.3) is 0 Å². The lowest BCUT2D eigenvalue weighted by atomic mass is 9.31. The molecule has 15 unspecified atom stereocenters. The summed E-state index contributed by atoms with van der Waals surface area (Å²) in [7, 11) is 0. The molecule has 5 aliphatic carbocycles. The third-order valence-electron chi connectivity index (χ3n) is 17.4. The van der Waals surface area contributed by atoms with Crippen molar-refractivity contribution in [2.24, 2.45) is 56.7 Å². The van der Waals surface area contributed by atoms with Gasteiger partial charge in [-0.15, -0.1) is 0 Å². The molecule has 0 radical (unpaired) electrons. The van der Waals surface area contributed by atoms with Crippen LogP contribution in [0.4, 0.5) is 0 Å². The van der Waals surface area contributed by atoms with Gasteiger partial charge in [-0.25, -0.2) is 0 Å². The zero-order valence-electron chi connectivity index (χ0n) is 33.4. The van der Waals surface area contributed by atoms with E-state index in [1.165, 1.54) is 0 Å². The molecule has 13 heteroatoms. The van der Waals surface area contributed by atoms with Crippen LogP contribution in [0.5, 0.6) is 0 Å². The van der Waals surface area contributed by atoms with E-state index in [1.54, 1.807) is 0 Å². The predicted octanol–water partition coefficient (Wildman–Crippen LogP) is 1.66. The highest BCUT2D eigenvalue weighted by molar-refractivity contribution is 5.85. The molecule has 7 fully saturated rings. The lowest BCUT2D eigenvalue weighted by molar-refractivity contribution is -0.332. The van der Waals surface area contributed by atoms with Crippen LogP contribution in [0.3, 0.4) is 0 Å². The molecule has 2 saturated heterocycles. The van der Waals surface area contributed by atoms with Crippen LogP contribution in [0.2, 0.25) is 0 Å². The second-order valence-electron chi connectivity index (χ2n) is 20.7. The Morgan fingerprint density at radius 2 is 1.35 bits per heavy atom. The molecule has 0 amide bonds. The zero-order chi connectivity index (χ0) is 39.7. The van der Waals surface area contributed by atoms with E-state index in [2.05, 4.69) is 41.5 Å². The molecule has 0 aromatic heterocycles. The van der Waals surface area contributed by atoms with Gasteiger partial charge in [-0.1, -0.05) is 41.5 Å². The quantitative estimate of drug-likeness (QED) is 0.181. The van der Waals surface area contributed by atoms with Gasteiger partial charge in [0.05, 0.1) is 31.0 Å². The molecule has 5 saturated carbocycles. The molecule has 54 heavy (non-hydrogen) atoms. The summed E-state index contributed by atoms with van der Waals surface area (Å²) in [5, 5.41) is 84.7. The molecule has 2 aliphatic heterocycles. The van der Waals surface area contributed by atoms with E-state index in [-0.39, 0.29) is 63.6 Å². The number of fused-ring (bicyclic) bond motifs is 7. The van der Waals surface area contributed by atoms with Crippen LogP contribution in [-0.2, 0) is 23.7 Å². The molecular formula is C41H68O13. The van der Waals surface area contributed by atoms with E-state index < -0.39 is 85.1 Å². The molecule has 13 nitrogen and oxygen atoms in total. The molecule has 7 aliphatic rings. The SMILES string of the molecule is CC1(C)C(OC2OCC(O)C(O)C2O)CC[C@@]2(C)C1C(=O)C[C@]1(C)C2CCC2[C@@]3(C)CC[C@@H](C(C)(C)OC4OC(CO)C(O)C(O)C4O)C3C(O)C[C@]21C. The zero-order valence-corrected chi connectivity index (χ0v) is 33.4. The Morgan fingerprint density at radius 1 is 0.741 bits per heavy atom. The van der Waals surface area contributed by atoms with E-state index in [0.29, 0.717) is 19.3 Å². The van der Waals surface area contributed by atoms with Crippen molar-refractivity contribution in [3.63, 3.8) is 0 Å².